The minimum absolute atomic E-state index is 0.221. The number of nitrogens with zero attached hydrogens (tertiary/aromatic N) is 1. The summed E-state index contributed by atoms with van der Waals surface area (Å²) in [5, 5.41) is 3.40. The van der Waals surface area contributed by atoms with E-state index in [1.165, 1.54) is 0 Å². The van der Waals surface area contributed by atoms with Gasteiger partial charge in [-0.05, 0) is 48.7 Å². The van der Waals surface area contributed by atoms with E-state index in [0.717, 1.165) is 11.1 Å². The molecule has 0 saturated carbocycles. The predicted octanol–water partition coefficient (Wildman–Crippen LogP) is 4.91. The van der Waals surface area contributed by atoms with Gasteiger partial charge in [-0.3, -0.25) is 9.59 Å². The second-order valence-electron chi connectivity index (χ2n) is 8.64. The summed E-state index contributed by atoms with van der Waals surface area (Å²) in [5.74, 6) is 0.560. The maximum atomic E-state index is 13.6. The normalized spacial score (nSPS) is 11.4. The Labute approximate surface area is 229 Å². The molecule has 3 aromatic rings. The van der Waals surface area contributed by atoms with Crippen LogP contribution in [-0.2, 0) is 27.3 Å². The topological polar surface area (TPSA) is 77.1 Å². The molecule has 0 radical (unpaired) electrons. The summed E-state index contributed by atoms with van der Waals surface area (Å²) >= 11 is 6.22. The molecule has 0 saturated heterocycles. The van der Waals surface area contributed by atoms with Crippen molar-refractivity contribution in [2.45, 2.75) is 32.4 Å². The van der Waals surface area contributed by atoms with Crippen molar-refractivity contribution in [3.8, 4) is 11.5 Å². The van der Waals surface area contributed by atoms with E-state index < -0.39 is 6.04 Å². The van der Waals surface area contributed by atoms with Crippen LogP contribution in [0.4, 0.5) is 0 Å². The molecular weight excluding hydrogens is 504 g/mol. The molecule has 1 unspecified atom stereocenters. The molecule has 0 aliphatic carbocycles. The number of hydrogen-bond acceptors (Lipinski definition) is 5. The third-order valence-electron chi connectivity index (χ3n) is 5.94. The van der Waals surface area contributed by atoms with Crippen LogP contribution in [0.1, 0.15) is 24.5 Å². The summed E-state index contributed by atoms with van der Waals surface area (Å²) in [7, 11) is 1.60. The van der Waals surface area contributed by atoms with Crippen molar-refractivity contribution in [3.05, 3.63) is 95.0 Å². The number of carbonyl (C=O) groups is 2. The highest BCUT2D eigenvalue weighted by atomic mass is 35.5. The van der Waals surface area contributed by atoms with Gasteiger partial charge in [0.1, 0.15) is 17.5 Å². The lowest BCUT2D eigenvalue weighted by Gasteiger charge is -2.31. The monoisotopic (exact) mass is 538 g/mol. The maximum Gasteiger partial charge on any atom is 0.261 e. The second kappa shape index (κ2) is 15.6. The quantitative estimate of drug-likeness (QED) is 0.278. The summed E-state index contributed by atoms with van der Waals surface area (Å²) in [4.78, 5) is 28.7. The number of carbonyl (C=O) groups excluding carboxylic acids is 2. The van der Waals surface area contributed by atoms with Gasteiger partial charge in [0.2, 0.25) is 5.91 Å². The van der Waals surface area contributed by atoms with Crippen LogP contribution in [-0.4, -0.2) is 56.2 Å². The van der Waals surface area contributed by atoms with Gasteiger partial charge in [-0.2, -0.15) is 0 Å². The van der Waals surface area contributed by atoms with Gasteiger partial charge in [-0.1, -0.05) is 66.2 Å². The van der Waals surface area contributed by atoms with Crippen LogP contribution < -0.4 is 14.8 Å². The van der Waals surface area contributed by atoms with E-state index in [-0.39, 0.29) is 25.0 Å². The second-order valence-corrected chi connectivity index (χ2v) is 9.04. The van der Waals surface area contributed by atoms with E-state index in [1.807, 2.05) is 61.5 Å². The van der Waals surface area contributed by atoms with Gasteiger partial charge in [0.15, 0.2) is 6.61 Å². The lowest BCUT2D eigenvalue weighted by molar-refractivity contribution is -0.142. The van der Waals surface area contributed by atoms with E-state index in [9.17, 15) is 9.59 Å². The van der Waals surface area contributed by atoms with Gasteiger partial charge in [0.25, 0.3) is 5.91 Å². The highest BCUT2D eigenvalue weighted by molar-refractivity contribution is 6.32. The zero-order valence-electron chi connectivity index (χ0n) is 21.9. The predicted molar refractivity (Wildman–Crippen MR) is 149 cm³/mol. The van der Waals surface area contributed by atoms with E-state index >= 15 is 0 Å². The molecule has 0 aliphatic heterocycles. The number of hydrogen-bond donors (Lipinski definition) is 1. The lowest BCUT2D eigenvalue weighted by Crippen LogP contribution is -2.52. The fourth-order valence-electron chi connectivity index (χ4n) is 3.91. The van der Waals surface area contributed by atoms with Gasteiger partial charge in [0.05, 0.1) is 12.1 Å². The molecule has 0 spiro atoms. The molecule has 7 nitrogen and oxygen atoms in total. The van der Waals surface area contributed by atoms with E-state index in [4.69, 9.17) is 25.8 Å². The zero-order chi connectivity index (χ0) is 27.2. The Kier molecular flexibility index (Phi) is 11.9. The fraction of sp³-hybridized carbons (Fsp3) is 0.333. The summed E-state index contributed by atoms with van der Waals surface area (Å²) in [6.07, 6.45) is 1.03. The highest BCUT2D eigenvalue weighted by Crippen LogP contribution is 2.24. The van der Waals surface area contributed by atoms with Crippen LogP contribution in [0.15, 0.2) is 78.9 Å². The Balaban J connectivity index is 1.86. The molecule has 3 rings (SSSR count). The van der Waals surface area contributed by atoms with Gasteiger partial charge in [-0.15, -0.1) is 0 Å². The molecule has 1 atom stereocenters. The maximum absolute atomic E-state index is 13.6. The Morgan fingerprint density at radius 2 is 1.66 bits per heavy atom. The SMILES string of the molecule is CCOCCCNC(=O)C(Cc1ccccc1)N(Cc1ccc(OC)cc1)C(=O)COc1ccccc1Cl. The fourth-order valence-corrected chi connectivity index (χ4v) is 4.10. The average molecular weight is 539 g/mol. The summed E-state index contributed by atoms with van der Waals surface area (Å²) in [6.45, 7) is 3.52. The number of methoxy groups -OCH3 is 1. The molecule has 0 aliphatic rings. The number of rotatable bonds is 15. The van der Waals surface area contributed by atoms with Gasteiger partial charge >= 0.3 is 0 Å². The van der Waals surface area contributed by atoms with Crippen molar-refractivity contribution in [3.63, 3.8) is 0 Å². The molecule has 1 N–H and O–H groups in total. The molecule has 0 heterocycles. The van der Waals surface area contributed by atoms with E-state index in [0.29, 0.717) is 49.1 Å². The zero-order valence-corrected chi connectivity index (χ0v) is 22.7. The Morgan fingerprint density at radius 1 is 0.947 bits per heavy atom. The number of benzene rings is 3. The number of nitrogens with one attached hydrogen (secondary N) is 1. The summed E-state index contributed by atoms with van der Waals surface area (Å²) < 4.78 is 16.4. The molecule has 8 heteroatoms. The van der Waals surface area contributed by atoms with Gasteiger partial charge < -0.3 is 24.4 Å². The van der Waals surface area contributed by atoms with Crippen molar-refractivity contribution >= 4 is 23.4 Å². The summed E-state index contributed by atoms with van der Waals surface area (Å²) in [5.41, 5.74) is 1.81. The van der Waals surface area contributed by atoms with Crippen LogP contribution in [0.25, 0.3) is 0 Å². The largest absolute Gasteiger partial charge is 0.497 e. The first kappa shape index (κ1) is 29.0. The molecule has 2 amide bonds. The highest BCUT2D eigenvalue weighted by Gasteiger charge is 2.30. The third kappa shape index (κ3) is 9.08. The van der Waals surface area contributed by atoms with Gasteiger partial charge in [0, 0.05) is 32.7 Å². The van der Waals surface area contributed by atoms with Crippen LogP contribution in [0, 0.1) is 0 Å². The van der Waals surface area contributed by atoms with Crippen molar-refractivity contribution < 1.29 is 23.8 Å². The van der Waals surface area contributed by atoms with E-state index in [2.05, 4.69) is 5.32 Å². The summed E-state index contributed by atoms with van der Waals surface area (Å²) in [6, 6.07) is 23.3. The van der Waals surface area contributed by atoms with Crippen molar-refractivity contribution in [1.29, 1.82) is 0 Å². The number of para-hydroxylation sites is 1. The van der Waals surface area contributed by atoms with Crippen LogP contribution in [0.3, 0.4) is 0 Å². The molecule has 0 fully saturated rings. The molecular formula is C30H35ClN2O5. The van der Waals surface area contributed by atoms with Crippen molar-refractivity contribution in [2.24, 2.45) is 0 Å². The van der Waals surface area contributed by atoms with Crippen LogP contribution in [0.5, 0.6) is 11.5 Å². The Morgan fingerprint density at radius 3 is 2.34 bits per heavy atom. The van der Waals surface area contributed by atoms with E-state index in [1.54, 1.807) is 36.3 Å². The minimum Gasteiger partial charge on any atom is -0.497 e. The molecule has 202 valence electrons. The minimum atomic E-state index is -0.756. The number of amides is 2. The Hall–Kier alpha value is -3.55. The lowest BCUT2D eigenvalue weighted by atomic mass is 10.0. The van der Waals surface area contributed by atoms with Crippen LogP contribution >= 0.6 is 11.6 Å². The molecule has 38 heavy (non-hydrogen) atoms. The Bertz CT molecular complexity index is 1140. The molecule has 3 aromatic carbocycles. The first-order chi connectivity index (χ1) is 18.5. The van der Waals surface area contributed by atoms with Crippen molar-refractivity contribution in [1.82, 2.24) is 10.2 Å². The number of ether oxygens (including phenoxy) is 3. The van der Waals surface area contributed by atoms with Crippen molar-refractivity contribution in [2.75, 3.05) is 33.5 Å². The third-order valence-corrected chi connectivity index (χ3v) is 6.25. The average Bonchev–Trinajstić information content (AvgIpc) is 2.95. The number of halogens is 1. The molecule has 0 aromatic heterocycles. The standard InChI is InChI=1S/C30H35ClN2O5/c1-3-37-19-9-18-32-30(35)27(20-23-10-5-4-6-11-23)33(21-24-14-16-25(36-2)17-15-24)29(34)22-38-28-13-8-7-12-26(28)31/h4-8,10-17,27H,3,9,18-22H2,1-2H3,(H,32,35). The van der Waals surface area contributed by atoms with Gasteiger partial charge in [-0.25, -0.2) is 0 Å². The first-order valence-corrected chi connectivity index (χ1v) is 13.1. The van der Waals surface area contributed by atoms with Crippen LogP contribution in [0.2, 0.25) is 5.02 Å². The molecule has 0 bridgehead atoms. The smallest absolute Gasteiger partial charge is 0.261 e. The first-order valence-electron chi connectivity index (χ1n) is 12.7.